The first-order chi connectivity index (χ1) is 26.5. The van der Waals surface area contributed by atoms with Crippen LogP contribution in [-0.2, 0) is 28.7 Å². The van der Waals surface area contributed by atoms with Gasteiger partial charge in [-0.25, -0.2) is 0 Å². The van der Waals surface area contributed by atoms with Crippen LogP contribution in [0.25, 0.3) is 0 Å². The largest absolute Gasteiger partial charge is 0.481 e. The highest BCUT2D eigenvalue weighted by atomic mass is 16.6. The average Bonchev–Trinajstić information content (AvgIpc) is 3.75. The molecule has 8 rings (SSSR count). The van der Waals surface area contributed by atoms with Crippen LogP contribution in [0.15, 0.2) is 0 Å². The van der Waals surface area contributed by atoms with E-state index in [0.717, 1.165) is 103 Å². The highest BCUT2D eigenvalue weighted by Crippen LogP contribution is 2.78. The van der Waals surface area contributed by atoms with Crippen LogP contribution in [0.2, 0.25) is 0 Å². The Hall–Kier alpha value is -2.16. The molecule has 2 unspecified atom stereocenters. The summed E-state index contributed by atoms with van der Waals surface area (Å²) in [5, 5.41) is 13.3. The Morgan fingerprint density at radius 1 is 0.772 bits per heavy atom. The number of ether oxygens (including phenoxy) is 2. The number of fused-ring (bicyclic) bond motifs is 7. The number of carboxylic acids is 1. The predicted octanol–water partition coefficient (Wildman–Crippen LogP) is 8.81. The fourth-order valence-electron chi connectivity index (χ4n) is 16.0. The lowest BCUT2D eigenvalue weighted by molar-refractivity contribution is -0.251. The average molecular weight is 793 g/mol. The van der Waals surface area contributed by atoms with Crippen LogP contribution in [0.4, 0.5) is 0 Å². The van der Waals surface area contributed by atoms with Crippen molar-refractivity contribution in [2.75, 3.05) is 19.7 Å². The molecule has 0 bridgehead atoms. The highest BCUT2D eigenvalue weighted by Gasteiger charge is 2.74. The third kappa shape index (κ3) is 6.03. The zero-order valence-electron chi connectivity index (χ0n) is 37.2. The number of nitrogens with zero attached hydrogens (tertiary/aromatic N) is 1. The predicted molar refractivity (Wildman–Crippen MR) is 219 cm³/mol. The van der Waals surface area contributed by atoms with Crippen LogP contribution >= 0.6 is 0 Å². The van der Waals surface area contributed by atoms with E-state index in [4.69, 9.17) is 9.47 Å². The normalized spacial score (nSPS) is 46.9. The summed E-state index contributed by atoms with van der Waals surface area (Å²) in [6.07, 6.45) is 14.1. The van der Waals surface area contributed by atoms with Crippen molar-refractivity contribution in [3.8, 4) is 0 Å². The third-order valence-corrected chi connectivity index (χ3v) is 20.2. The van der Waals surface area contributed by atoms with E-state index in [1.807, 2.05) is 0 Å². The molecule has 2 amide bonds. The van der Waals surface area contributed by atoms with Crippen LogP contribution < -0.4 is 5.32 Å². The van der Waals surface area contributed by atoms with Crippen molar-refractivity contribution in [1.82, 2.24) is 10.2 Å². The van der Waals surface area contributed by atoms with Crippen molar-refractivity contribution in [3.63, 3.8) is 0 Å². The van der Waals surface area contributed by atoms with Gasteiger partial charge in [0.05, 0.1) is 29.5 Å². The summed E-state index contributed by atoms with van der Waals surface area (Å²) in [5.74, 6) is 1.16. The summed E-state index contributed by atoms with van der Waals surface area (Å²) in [7, 11) is 0. The molecular formula is C48H76N2O7. The Labute approximate surface area is 343 Å². The van der Waals surface area contributed by atoms with E-state index in [1.165, 1.54) is 6.42 Å². The number of hydrogen-bond acceptors (Lipinski definition) is 6. The number of esters is 1. The zero-order valence-corrected chi connectivity index (χ0v) is 37.2. The molecule has 8 aliphatic rings. The maximum absolute atomic E-state index is 15.1. The van der Waals surface area contributed by atoms with E-state index >= 15 is 4.79 Å². The van der Waals surface area contributed by atoms with Gasteiger partial charge in [0, 0.05) is 30.5 Å². The van der Waals surface area contributed by atoms with Gasteiger partial charge in [-0.1, -0.05) is 48.5 Å². The van der Waals surface area contributed by atoms with E-state index in [2.05, 4.69) is 65.6 Å². The van der Waals surface area contributed by atoms with Crippen molar-refractivity contribution >= 4 is 23.8 Å². The molecular weight excluding hydrogens is 717 g/mol. The number of carboxylic acid groups (broad SMARTS) is 1. The minimum Gasteiger partial charge on any atom is -0.481 e. The van der Waals surface area contributed by atoms with Crippen LogP contribution in [0.1, 0.15) is 166 Å². The fourth-order valence-corrected chi connectivity index (χ4v) is 16.0. The van der Waals surface area contributed by atoms with Crippen molar-refractivity contribution < 1.29 is 33.8 Å². The van der Waals surface area contributed by atoms with Crippen molar-refractivity contribution in [3.05, 3.63) is 0 Å². The number of amides is 2. The van der Waals surface area contributed by atoms with Crippen molar-refractivity contribution in [1.29, 1.82) is 0 Å². The minimum atomic E-state index is -1.16. The second-order valence-electron chi connectivity index (χ2n) is 23.8. The molecule has 0 aromatic heterocycles. The number of carbonyl (C=O) groups is 4. The van der Waals surface area contributed by atoms with Gasteiger partial charge in [0.1, 0.15) is 6.10 Å². The molecule has 2 saturated heterocycles. The highest BCUT2D eigenvalue weighted by molar-refractivity contribution is 5.86. The van der Waals surface area contributed by atoms with Gasteiger partial charge in [0.15, 0.2) is 0 Å². The number of epoxide rings is 1. The number of hydrogen-bond donors (Lipinski definition) is 2. The summed E-state index contributed by atoms with van der Waals surface area (Å²) in [6, 6.07) is 0.0174. The quantitative estimate of drug-likeness (QED) is 0.186. The first kappa shape index (κ1) is 41.6. The summed E-state index contributed by atoms with van der Waals surface area (Å²) < 4.78 is 12.5. The van der Waals surface area contributed by atoms with E-state index in [9.17, 15) is 19.5 Å². The van der Waals surface area contributed by atoms with E-state index < -0.39 is 22.8 Å². The fraction of sp³-hybridized carbons (Fsp3) is 0.917. The molecule has 0 aromatic rings. The monoisotopic (exact) mass is 793 g/mol. The molecule has 8 fully saturated rings. The third-order valence-electron chi connectivity index (χ3n) is 20.2. The van der Waals surface area contributed by atoms with Crippen molar-refractivity contribution in [2.45, 2.75) is 183 Å². The van der Waals surface area contributed by atoms with Gasteiger partial charge >= 0.3 is 11.9 Å². The Kier molecular flexibility index (Phi) is 9.79. The first-order valence-electron chi connectivity index (χ1n) is 23.1. The summed E-state index contributed by atoms with van der Waals surface area (Å²) in [5.41, 5.74) is -1.89. The Morgan fingerprint density at radius 2 is 1.46 bits per heavy atom. The lowest BCUT2D eigenvalue weighted by atomic mass is 9.32. The topological polar surface area (TPSA) is 126 Å². The number of aliphatic carboxylic acids is 1. The van der Waals surface area contributed by atoms with Gasteiger partial charge in [0.25, 0.3) is 0 Å². The number of likely N-dealkylation sites (tertiary alicyclic amines) is 1. The van der Waals surface area contributed by atoms with Crippen LogP contribution in [0.3, 0.4) is 0 Å². The molecule has 9 nitrogen and oxygen atoms in total. The molecule has 57 heavy (non-hydrogen) atoms. The standard InChI is InChI=1S/C48H76N2O7/c1-41(2,40(54)55)27-36(51)57-35-18-19-44(7)32(43(35,5)6)17-20-46(9)33(44)15-14-29-37-30(47(10)28-56-47)16-21-48(37,23-22-45(29,46)8)39(53)49-34-26-31(42(34,3)4)38(52)50-24-12-11-13-25-50/h29-35,37H,11-28H2,1-10H3,(H,49,53)(H,54,55)/t29-,30-,31-,32+,33-,34?,35+,37+,44+,45-,46-,47?,48+/m1/s1. The molecule has 2 aliphatic heterocycles. The van der Waals surface area contributed by atoms with Gasteiger partial charge in [-0.05, 0) is 162 Å². The first-order valence-corrected chi connectivity index (χ1v) is 23.1. The van der Waals surface area contributed by atoms with Gasteiger partial charge in [-0.3, -0.25) is 19.2 Å². The molecule has 13 atom stereocenters. The summed E-state index contributed by atoms with van der Waals surface area (Å²) in [6.45, 7) is 24.8. The summed E-state index contributed by atoms with van der Waals surface area (Å²) >= 11 is 0. The minimum absolute atomic E-state index is 0.0174. The molecule has 2 heterocycles. The van der Waals surface area contributed by atoms with E-state index in [0.29, 0.717) is 29.6 Å². The zero-order chi connectivity index (χ0) is 41.4. The molecule has 0 spiro atoms. The maximum atomic E-state index is 15.1. The Balaban J connectivity index is 1.02. The number of piperidine rings is 1. The lowest BCUT2D eigenvalue weighted by Crippen LogP contribution is -2.69. The SMILES string of the molecule is CC(C)(CC(=O)O[C@H]1CC[C@]2(C)[C@H]3CC[C@@H]4[C@H]5[C@H](C6(C)CO6)CC[C@]5(C(=O)NC5C[C@H](C(=O)N6CCCCC6)C5(C)C)CC[C@@]4(C)[C@]3(C)CC[C@H]2C1(C)C)C(=O)O. The molecule has 2 N–H and O–H groups in total. The second kappa shape index (κ2) is 13.4. The van der Waals surface area contributed by atoms with E-state index in [1.54, 1.807) is 13.8 Å². The molecule has 320 valence electrons. The molecule has 6 saturated carbocycles. The molecule has 6 aliphatic carbocycles. The second-order valence-corrected chi connectivity index (χ2v) is 23.8. The molecule has 0 radical (unpaired) electrons. The molecule has 0 aromatic carbocycles. The Morgan fingerprint density at radius 3 is 2.09 bits per heavy atom. The smallest absolute Gasteiger partial charge is 0.309 e. The maximum Gasteiger partial charge on any atom is 0.309 e. The number of rotatable bonds is 8. The van der Waals surface area contributed by atoms with Gasteiger partial charge in [0.2, 0.25) is 11.8 Å². The number of nitrogens with one attached hydrogen (secondary N) is 1. The van der Waals surface area contributed by atoms with Crippen LogP contribution in [0.5, 0.6) is 0 Å². The van der Waals surface area contributed by atoms with Crippen LogP contribution in [-0.4, -0.2) is 71.2 Å². The van der Waals surface area contributed by atoms with Gasteiger partial charge < -0.3 is 24.8 Å². The lowest BCUT2D eigenvalue weighted by Gasteiger charge is -2.73. The van der Waals surface area contributed by atoms with Crippen molar-refractivity contribution in [2.24, 2.45) is 73.4 Å². The van der Waals surface area contributed by atoms with Gasteiger partial charge in [-0.15, -0.1) is 0 Å². The van der Waals surface area contributed by atoms with E-state index in [-0.39, 0.29) is 69.0 Å². The molecule has 9 heteroatoms. The van der Waals surface area contributed by atoms with Crippen LogP contribution in [0, 0.1) is 73.4 Å². The Bertz CT molecular complexity index is 1660. The van der Waals surface area contributed by atoms with Gasteiger partial charge in [-0.2, -0.15) is 0 Å². The number of carbonyl (C=O) groups excluding carboxylic acids is 3. The summed E-state index contributed by atoms with van der Waals surface area (Å²) in [4.78, 5) is 55.8.